The number of rotatable bonds is 5. The van der Waals surface area contributed by atoms with Gasteiger partial charge in [-0.25, -0.2) is 9.97 Å². The smallest absolute Gasteiger partial charge is 0.258 e. The standard InChI is InChI=1S/C17H14ClN5O/c18-14-5-1-2-6-15(14)23-16(24)13-10-21-17(22-11-13)20-9-12-4-3-7-19-8-12/h1-8,10-11H,9H2,(H,23,24)(H,20,21,22). The maximum Gasteiger partial charge on any atom is 0.258 e. The van der Waals surface area contributed by atoms with Crippen molar-refractivity contribution in [2.75, 3.05) is 10.6 Å². The van der Waals surface area contributed by atoms with Gasteiger partial charge >= 0.3 is 0 Å². The van der Waals surface area contributed by atoms with Crippen molar-refractivity contribution >= 4 is 29.1 Å². The third-order valence-corrected chi connectivity index (χ3v) is 3.54. The van der Waals surface area contributed by atoms with Crippen LogP contribution in [0.4, 0.5) is 11.6 Å². The molecule has 0 unspecified atom stereocenters. The minimum absolute atomic E-state index is 0.318. The molecule has 2 heterocycles. The van der Waals surface area contributed by atoms with Gasteiger partial charge in [-0.15, -0.1) is 0 Å². The third-order valence-electron chi connectivity index (χ3n) is 3.21. The van der Waals surface area contributed by atoms with E-state index >= 15 is 0 Å². The molecule has 24 heavy (non-hydrogen) atoms. The van der Waals surface area contributed by atoms with Gasteiger partial charge in [0.05, 0.1) is 16.3 Å². The average molecular weight is 340 g/mol. The topological polar surface area (TPSA) is 79.8 Å². The van der Waals surface area contributed by atoms with Crippen LogP contribution in [0.2, 0.25) is 5.02 Å². The molecule has 2 N–H and O–H groups in total. The Labute approximate surface area is 143 Å². The number of anilines is 2. The van der Waals surface area contributed by atoms with Crippen LogP contribution in [-0.4, -0.2) is 20.9 Å². The molecule has 6 nitrogen and oxygen atoms in total. The van der Waals surface area contributed by atoms with Crippen LogP contribution in [0.25, 0.3) is 0 Å². The predicted molar refractivity (Wildman–Crippen MR) is 93.0 cm³/mol. The van der Waals surface area contributed by atoms with Crippen molar-refractivity contribution in [2.45, 2.75) is 6.54 Å². The first kappa shape index (κ1) is 15.9. The normalized spacial score (nSPS) is 10.2. The molecule has 0 saturated heterocycles. The number of nitrogens with one attached hydrogen (secondary N) is 2. The van der Waals surface area contributed by atoms with Crippen LogP contribution < -0.4 is 10.6 Å². The monoisotopic (exact) mass is 339 g/mol. The molecule has 0 bridgehead atoms. The van der Waals surface area contributed by atoms with Crippen molar-refractivity contribution in [1.29, 1.82) is 0 Å². The van der Waals surface area contributed by atoms with Crippen molar-refractivity contribution < 1.29 is 4.79 Å². The van der Waals surface area contributed by atoms with E-state index in [1.54, 1.807) is 36.7 Å². The predicted octanol–water partition coefficient (Wildman–Crippen LogP) is 3.39. The molecule has 7 heteroatoms. The van der Waals surface area contributed by atoms with Crippen molar-refractivity contribution in [1.82, 2.24) is 15.0 Å². The van der Waals surface area contributed by atoms with Crippen molar-refractivity contribution in [2.24, 2.45) is 0 Å². The fraction of sp³-hybridized carbons (Fsp3) is 0.0588. The van der Waals surface area contributed by atoms with E-state index in [4.69, 9.17) is 11.6 Å². The van der Waals surface area contributed by atoms with Crippen LogP contribution in [0.5, 0.6) is 0 Å². The van der Waals surface area contributed by atoms with E-state index in [2.05, 4.69) is 25.6 Å². The highest BCUT2D eigenvalue weighted by atomic mass is 35.5. The number of carbonyl (C=O) groups is 1. The van der Waals surface area contributed by atoms with Crippen LogP contribution in [0.3, 0.4) is 0 Å². The highest BCUT2D eigenvalue weighted by Gasteiger charge is 2.09. The first-order valence-electron chi connectivity index (χ1n) is 7.23. The highest BCUT2D eigenvalue weighted by molar-refractivity contribution is 6.33. The Bertz CT molecular complexity index is 824. The lowest BCUT2D eigenvalue weighted by Gasteiger charge is -2.07. The van der Waals surface area contributed by atoms with Gasteiger partial charge in [-0.3, -0.25) is 9.78 Å². The average Bonchev–Trinajstić information content (AvgIpc) is 2.63. The van der Waals surface area contributed by atoms with Crippen molar-refractivity contribution in [3.05, 3.63) is 77.3 Å². The molecular weight excluding hydrogens is 326 g/mol. The summed E-state index contributed by atoms with van der Waals surface area (Å²) < 4.78 is 0. The van der Waals surface area contributed by atoms with Gasteiger partial charge in [0.15, 0.2) is 0 Å². The first-order chi connectivity index (χ1) is 11.7. The largest absolute Gasteiger partial charge is 0.350 e. The number of hydrogen-bond donors (Lipinski definition) is 2. The van der Waals surface area contributed by atoms with Crippen LogP contribution in [0, 0.1) is 0 Å². The van der Waals surface area contributed by atoms with E-state index in [1.165, 1.54) is 12.4 Å². The van der Waals surface area contributed by atoms with Gasteiger partial charge in [-0.1, -0.05) is 29.8 Å². The molecule has 0 aliphatic heterocycles. The molecule has 2 aromatic heterocycles. The zero-order chi connectivity index (χ0) is 16.8. The molecule has 3 rings (SSSR count). The summed E-state index contributed by atoms with van der Waals surface area (Å²) in [5, 5.41) is 6.27. The fourth-order valence-electron chi connectivity index (χ4n) is 1.98. The van der Waals surface area contributed by atoms with Crippen LogP contribution in [0.1, 0.15) is 15.9 Å². The van der Waals surface area contributed by atoms with Gasteiger partial charge < -0.3 is 10.6 Å². The van der Waals surface area contributed by atoms with Gasteiger partial charge in [-0.2, -0.15) is 0 Å². The number of para-hydroxylation sites is 1. The highest BCUT2D eigenvalue weighted by Crippen LogP contribution is 2.21. The SMILES string of the molecule is O=C(Nc1ccccc1Cl)c1cnc(NCc2cccnc2)nc1. The van der Waals surface area contributed by atoms with Crippen LogP contribution in [-0.2, 0) is 6.54 Å². The summed E-state index contributed by atoms with van der Waals surface area (Å²) in [7, 11) is 0. The van der Waals surface area contributed by atoms with Gasteiger partial charge in [0.25, 0.3) is 5.91 Å². The minimum Gasteiger partial charge on any atom is -0.350 e. The quantitative estimate of drug-likeness (QED) is 0.744. The summed E-state index contributed by atoms with van der Waals surface area (Å²) in [6, 6.07) is 10.8. The Morgan fingerprint density at radius 1 is 1.04 bits per heavy atom. The van der Waals surface area contributed by atoms with Gasteiger partial charge in [0.1, 0.15) is 0 Å². The second-order valence-corrected chi connectivity index (χ2v) is 5.35. The second kappa shape index (κ2) is 7.52. The number of benzene rings is 1. The Morgan fingerprint density at radius 2 is 1.83 bits per heavy atom. The zero-order valence-electron chi connectivity index (χ0n) is 12.6. The summed E-state index contributed by atoms with van der Waals surface area (Å²) in [6.45, 7) is 0.555. The molecule has 0 fully saturated rings. The molecule has 0 aliphatic carbocycles. The first-order valence-corrected chi connectivity index (χ1v) is 7.61. The minimum atomic E-state index is -0.318. The lowest BCUT2D eigenvalue weighted by atomic mass is 10.2. The summed E-state index contributed by atoms with van der Waals surface area (Å²) >= 11 is 6.02. The van der Waals surface area contributed by atoms with Crippen molar-refractivity contribution in [3.63, 3.8) is 0 Å². The van der Waals surface area contributed by atoms with E-state index in [0.717, 1.165) is 5.56 Å². The van der Waals surface area contributed by atoms with Crippen LogP contribution in [0.15, 0.2) is 61.2 Å². The molecule has 0 radical (unpaired) electrons. The molecule has 0 aliphatic rings. The molecule has 1 amide bonds. The number of halogens is 1. The Morgan fingerprint density at radius 3 is 2.54 bits per heavy atom. The molecule has 0 atom stereocenters. The van der Waals surface area contributed by atoms with E-state index in [0.29, 0.717) is 28.8 Å². The zero-order valence-corrected chi connectivity index (χ0v) is 13.4. The molecule has 1 aromatic carbocycles. The van der Waals surface area contributed by atoms with Crippen molar-refractivity contribution in [3.8, 4) is 0 Å². The molecule has 3 aromatic rings. The second-order valence-electron chi connectivity index (χ2n) is 4.94. The summed E-state index contributed by atoms with van der Waals surface area (Å²) in [5.41, 5.74) is 1.91. The Kier molecular flexibility index (Phi) is 4.98. The lowest BCUT2D eigenvalue weighted by molar-refractivity contribution is 0.102. The fourth-order valence-corrected chi connectivity index (χ4v) is 2.16. The van der Waals surface area contributed by atoms with E-state index in [-0.39, 0.29) is 5.91 Å². The number of nitrogens with zero attached hydrogens (tertiary/aromatic N) is 3. The molecule has 120 valence electrons. The van der Waals surface area contributed by atoms with E-state index in [1.807, 2.05) is 12.1 Å². The third kappa shape index (κ3) is 4.05. The molecule has 0 saturated carbocycles. The Balaban J connectivity index is 1.61. The number of amides is 1. The van der Waals surface area contributed by atoms with Gasteiger partial charge in [0, 0.05) is 31.3 Å². The maximum absolute atomic E-state index is 12.2. The number of hydrogen-bond acceptors (Lipinski definition) is 5. The van der Waals surface area contributed by atoms with Gasteiger partial charge in [-0.05, 0) is 23.8 Å². The van der Waals surface area contributed by atoms with Crippen LogP contribution >= 0.6 is 11.6 Å². The summed E-state index contributed by atoms with van der Waals surface area (Å²) in [6.07, 6.45) is 6.40. The number of pyridine rings is 1. The summed E-state index contributed by atoms with van der Waals surface area (Å²) in [5.74, 6) is 0.120. The lowest BCUT2D eigenvalue weighted by Crippen LogP contribution is -2.13. The Hall–Kier alpha value is -2.99. The maximum atomic E-state index is 12.2. The molecular formula is C17H14ClN5O. The van der Waals surface area contributed by atoms with Gasteiger partial charge in [0.2, 0.25) is 5.95 Å². The number of carbonyl (C=O) groups excluding carboxylic acids is 1. The molecule has 0 spiro atoms. The summed E-state index contributed by atoms with van der Waals surface area (Å²) in [4.78, 5) is 24.5. The van der Waals surface area contributed by atoms with E-state index < -0.39 is 0 Å². The number of aromatic nitrogens is 3. The van der Waals surface area contributed by atoms with E-state index in [9.17, 15) is 4.79 Å².